The first-order valence-electron chi connectivity index (χ1n) is 3.19. The molecule has 3 heteroatoms. The van der Waals surface area contributed by atoms with Gasteiger partial charge in [0, 0.05) is 0 Å². The van der Waals surface area contributed by atoms with E-state index >= 15 is 0 Å². The fraction of sp³-hybridized carbons (Fsp3) is 0.125. The number of allylic oxidation sites excluding steroid dienone is 1. The Morgan fingerprint density at radius 1 is 1.64 bits per heavy atom. The van der Waals surface area contributed by atoms with Gasteiger partial charge in [-0.3, -0.25) is 0 Å². The lowest BCUT2D eigenvalue weighted by Gasteiger charge is -2.02. The summed E-state index contributed by atoms with van der Waals surface area (Å²) in [6.45, 7) is 5.57. The van der Waals surface area contributed by atoms with Crippen LogP contribution in [0.1, 0.15) is 12.6 Å². The molecule has 2 nitrogen and oxygen atoms in total. The molecule has 0 saturated carbocycles. The van der Waals surface area contributed by atoms with E-state index in [0.29, 0.717) is 16.5 Å². The van der Waals surface area contributed by atoms with Gasteiger partial charge in [-0.1, -0.05) is 18.2 Å². The van der Waals surface area contributed by atoms with Gasteiger partial charge < -0.3 is 5.73 Å². The summed E-state index contributed by atoms with van der Waals surface area (Å²) in [6, 6.07) is 3.38. The molecule has 1 rings (SSSR count). The van der Waals surface area contributed by atoms with Crippen LogP contribution in [-0.4, -0.2) is 4.98 Å². The Bertz CT molecular complexity index is 294. The second kappa shape index (κ2) is 2.93. The molecule has 0 spiro atoms. The number of hydrogen-bond acceptors (Lipinski definition) is 2. The van der Waals surface area contributed by atoms with Crippen LogP contribution in [0.4, 0.5) is 5.69 Å². The molecule has 2 N–H and O–H groups in total. The fourth-order valence-corrected chi connectivity index (χ4v) is 0.935. The molecular formula is C8H9ClN2. The van der Waals surface area contributed by atoms with Gasteiger partial charge in [0.2, 0.25) is 0 Å². The van der Waals surface area contributed by atoms with Crippen molar-refractivity contribution in [3.63, 3.8) is 0 Å². The summed E-state index contributed by atoms with van der Waals surface area (Å²) in [6.07, 6.45) is 0. The second-order valence-electron chi connectivity index (χ2n) is 2.35. The van der Waals surface area contributed by atoms with Crippen LogP contribution in [0.5, 0.6) is 0 Å². The first-order chi connectivity index (χ1) is 5.11. The van der Waals surface area contributed by atoms with Crippen molar-refractivity contribution in [2.45, 2.75) is 6.92 Å². The molecule has 0 aliphatic rings. The first kappa shape index (κ1) is 8.08. The third-order valence-corrected chi connectivity index (χ3v) is 1.51. The number of pyridine rings is 1. The standard InChI is InChI=1S/C8H9ClN2/c1-5(2)8-6(10)3-4-7(9)11-8/h3-4H,1,10H2,2H3. The Labute approximate surface area is 70.7 Å². The molecule has 0 bridgehead atoms. The van der Waals surface area contributed by atoms with Crippen LogP contribution >= 0.6 is 11.6 Å². The summed E-state index contributed by atoms with van der Waals surface area (Å²) in [5, 5.41) is 0.442. The number of nitrogens with zero attached hydrogens (tertiary/aromatic N) is 1. The summed E-state index contributed by atoms with van der Waals surface area (Å²) in [4.78, 5) is 4.01. The van der Waals surface area contributed by atoms with E-state index in [2.05, 4.69) is 11.6 Å². The maximum absolute atomic E-state index is 5.65. The van der Waals surface area contributed by atoms with Crippen LogP contribution in [0.2, 0.25) is 5.15 Å². The molecule has 0 fully saturated rings. The van der Waals surface area contributed by atoms with Gasteiger partial charge in [0.1, 0.15) is 5.15 Å². The van der Waals surface area contributed by atoms with Gasteiger partial charge in [-0.05, 0) is 24.6 Å². The molecule has 0 aliphatic carbocycles. The molecule has 1 aromatic rings. The Morgan fingerprint density at radius 2 is 2.27 bits per heavy atom. The van der Waals surface area contributed by atoms with Crippen molar-refractivity contribution in [2.75, 3.05) is 5.73 Å². The third-order valence-electron chi connectivity index (χ3n) is 1.30. The van der Waals surface area contributed by atoms with Crippen LogP contribution in [-0.2, 0) is 0 Å². The van der Waals surface area contributed by atoms with Gasteiger partial charge in [0.15, 0.2) is 0 Å². The number of rotatable bonds is 1. The minimum Gasteiger partial charge on any atom is -0.397 e. The highest BCUT2D eigenvalue weighted by molar-refractivity contribution is 6.29. The third kappa shape index (κ3) is 1.71. The lowest BCUT2D eigenvalue weighted by atomic mass is 10.2. The summed E-state index contributed by atoms with van der Waals surface area (Å²) in [7, 11) is 0. The second-order valence-corrected chi connectivity index (χ2v) is 2.74. The van der Waals surface area contributed by atoms with Gasteiger partial charge in [-0.25, -0.2) is 4.98 Å². The molecule has 58 valence electrons. The SMILES string of the molecule is C=C(C)c1nc(Cl)ccc1N. The van der Waals surface area contributed by atoms with Crippen LogP contribution in [0.25, 0.3) is 5.57 Å². The zero-order valence-corrected chi connectivity index (χ0v) is 7.02. The van der Waals surface area contributed by atoms with Crippen molar-refractivity contribution >= 4 is 22.9 Å². The van der Waals surface area contributed by atoms with E-state index in [4.69, 9.17) is 17.3 Å². The number of hydrogen-bond donors (Lipinski definition) is 1. The average molecular weight is 169 g/mol. The first-order valence-corrected chi connectivity index (χ1v) is 3.57. The highest BCUT2D eigenvalue weighted by atomic mass is 35.5. The number of aromatic nitrogens is 1. The molecule has 0 unspecified atom stereocenters. The highest BCUT2D eigenvalue weighted by Crippen LogP contribution is 2.19. The lowest BCUT2D eigenvalue weighted by Crippen LogP contribution is -1.94. The van der Waals surface area contributed by atoms with E-state index in [1.807, 2.05) is 6.92 Å². The highest BCUT2D eigenvalue weighted by Gasteiger charge is 2.01. The van der Waals surface area contributed by atoms with E-state index < -0.39 is 0 Å². The Balaban J connectivity index is 3.23. The Morgan fingerprint density at radius 3 is 2.73 bits per heavy atom. The van der Waals surface area contributed by atoms with Crippen LogP contribution < -0.4 is 5.73 Å². The number of halogens is 1. The van der Waals surface area contributed by atoms with Crippen LogP contribution in [0.3, 0.4) is 0 Å². The molecule has 11 heavy (non-hydrogen) atoms. The average Bonchev–Trinajstić information content (AvgIpc) is 1.94. The molecule has 0 saturated heterocycles. The van der Waals surface area contributed by atoms with E-state index in [1.54, 1.807) is 12.1 Å². The number of nitrogens with two attached hydrogens (primary N) is 1. The molecule has 0 amide bonds. The van der Waals surface area contributed by atoms with Crippen LogP contribution in [0.15, 0.2) is 18.7 Å². The zero-order chi connectivity index (χ0) is 8.43. The van der Waals surface area contributed by atoms with Crippen molar-refractivity contribution in [1.29, 1.82) is 0 Å². The molecule has 1 heterocycles. The molecule has 1 aromatic heterocycles. The number of anilines is 1. The fourth-order valence-electron chi connectivity index (χ4n) is 0.788. The van der Waals surface area contributed by atoms with Crippen molar-refractivity contribution < 1.29 is 0 Å². The van der Waals surface area contributed by atoms with Gasteiger partial charge in [-0.15, -0.1) is 0 Å². The zero-order valence-electron chi connectivity index (χ0n) is 6.26. The maximum atomic E-state index is 5.65. The smallest absolute Gasteiger partial charge is 0.129 e. The molecule has 0 atom stereocenters. The van der Waals surface area contributed by atoms with Crippen molar-refractivity contribution in [3.8, 4) is 0 Å². The Hall–Kier alpha value is -1.02. The minimum absolute atomic E-state index is 0.442. The van der Waals surface area contributed by atoms with E-state index in [-0.39, 0.29) is 0 Å². The monoisotopic (exact) mass is 168 g/mol. The Kier molecular flexibility index (Phi) is 2.15. The van der Waals surface area contributed by atoms with Gasteiger partial charge in [0.25, 0.3) is 0 Å². The van der Waals surface area contributed by atoms with E-state index in [0.717, 1.165) is 5.57 Å². The van der Waals surface area contributed by atoms with Gasteiger partial charge in [0.05, 0.1) is 11.4 Å². The van der Waals surface area contributed by atoms with Crippen molar-refractivity contribution in [3.05, 3.63) is 29.6 Å². The summed E-state index contributed by atoms with van der Waals surface area (Å²) >= 11 is 5.65. The minimum atomic E-state index is 0.442. The quantitative estimate of drug-likeness (QED) is 0.654. The van der Waals surface area contributed by atoms with Crippen molar-refractivity contribution in [2.24, 2.45) is 0 Å². The predicted molar refractivity (Wildman–Crippen MR) is 48.4 cm³/mol. The summed E-state index contributed by atoms with van der Waals surface area (Å²) < 4.78 is 0. The molecule has 0 aliphatic heterocycles. The predicted octanol–water partition coefficient (Wildman–Crippen LogP) is 2.35. The largest absolute Gasteiger partial charge is 0.397 e. The lowest BCUT2D eigenvalue weighted by molar-refractivity contribution is 1.27. The van der Waals surface area contributed by atoms with Gasteiger partial charge >= 0.3 is 0 Å². The van der Waals surface area contributed by atoms with Crippen LogP contribution in [0, 0.1) is 0 Å². The topological polar surface area (TPSA) is 38.9 Å². The normalized spacial score (nSPS) is 9.64. The summed E-state index contributed by atoms with van der Waals surface area (Å²) in [5.41, 5.74) is 7.72. The maximum Gasteiger partial charge on any atom is 0.129 e. The molecular weight excluding hydrogens is 160 g/mol. The molecule has 0 radical (unpaired) electrons. The number of nitrogen functional groups attached to an aromatic ring is 1. The van der Waals surface area contributed by atoms with E-state index in [9.17, 15) is 0 Å². The summed E-state index contributed by atoms with van der Waals surface area (Å²) in [5.74, 6) is 0. The molecule has 0 aromatic carbocycles. The van der Waals surface area contributed by atoms with Crippen molar-refractivity contribution in [1.82, 2.24) is 4.98 Å². The van der Waals surface area contributed by atoms with E-state index in [1.165, 1.54) is 0 Å². The van der Waals surface area contributed by atoms with Gasteiger partial charge in [-0.2, -0.15) is 0 Å².